The SMILES string of the molecule is O=c1oc2c(CO)cc(CO)cc2cc1-c1ccc2cc(CO)ccc2c1. The van der Waals surface area contributed by atoms with Crippen molar-refractivity contribution < 1.29 is 19.7 Å². The normalized spacial score (nSPS) is 11.4. The van der Waals surface area contributed by atoms with Crippen LogP contribution in [0.3, 0.4) is 0 Å². The van der Waals surface area contributed by atoms with Gasteiger partial charge in [-0.15, -0.1) is 0 Å². The fourth-order valence-electron chi connectivity index (χ4n) is 3.35. The predicted molar refractivity (Wildman–Crippen MR) is 103 cm³/mol. The summed E-state index contributed by atoms with van der Waals surface area (Å²) in [6.45, 7) is -0.470. The van der Waals surface area contributed by atoms with E-state index in [9.17, 15) is 20.1 Å². The van der Waals surface area contributed by atoms with Gasteiger partial charge in [0.2, 0.25) is 0 Å². The van der Waals surface area contributed by atoms with Crippen LogP contribution in [0.4, 0.5) is 0 Å². The van der Waals surface area contributed by atoms with Crippen LogP contribution in [0.25, 0.3) is 32.9 Å². The third kappa shape index (κ3) is 3.13. The van der Waals surface area contributed by atoms with Crippen LogP contribution in [-0.2, 0) is 19.8 Å². The van der Waals surface area contributed by atoms with Gasteiger partial charge in [-0.2, -0.15) is 0 Å². The van der Waals surface area contributed by atoms with Gasteiger partial charge < -0.3 is 19.7 Å². The van der Waals surface area contributed by atoms with Gasteiger partial charge in [-0.05, 0) is 57.8 Å². The highest BCUT2D eigenvalue weighted by Gasteiger charge is 2.12. The molecule has 5 nitrogen and oxygen atoms in total. The van der Waals surface area contributed by atoms with E-state index < -0.39 is 5.63 Å². The van der Waals surface area contributed by atoms with E-state index in [2.05, 4.69) is 0 Å². The molecule has 0 aliphatic heterocycles. The average molecular weight is 362 g/mol. The van der Waals surface area contributed by atoms with Crippen LogP contribution in [0.15, 0.2) is 63.8 Å². The molecule has 0 aliphatic rings. The lowest BCUT2D eigenvalue weighted by Gasteiger charge is -2.09. The van der Waals surface area contributed by atoms with Gasteiger partial charge in [0.1, 0.15) is 5.58 Å². The maximum absolute atomic E-state index is 12.6. The van der Waals surface area contributed by atoms with Crippen LogP contribution in [0.2, 0.25) is 0 Å². The smallest absolute Gasteiger partial charge is 0.344 e. The van der Waals surface area contributed by atoms with Crippen molar-refractivity contribution in [1.82, 2.24) is 0 Å². The lowest BCUT2D eigenvalue weighted by Crippen LogP contribution is -2.04. The standard InChI is InChI=1S/C22H18O5/c23-10-13-1-2-16-8-17(4-3-15(16)5-13)20-9-18-6-14(11-24)7-19(12-25)21(18)27-22(20)26/h1-9,23-25H,10-12H2. The minimum absolute atomic E-state index is 0.0215. The van der Waals surface area contributed by atoms with Crippen molar-refractivity contribution >= 4 is 21.7 Å². The number of aliphatic hydroxyl groups excluding tert-OH is 3. The van der Waals surface area contributed by atoms with Gasteiger partial charge in [-0.3, -0.25) is 0 Å². The maximum Gasteiger partial charge on any atom is 0.344 e. The molecule has 1 heterocycles. The van der Waals surface area contributed by atoms with Crippen molar-refractivity contribution in [1.29, 1.82) is 0 Å². The van der Waals surface area contributed by atoms with Crippen LogP contribution < -0.4 is 5.63 Å². The lowest BCUT2D eigenvalue weighted by molar-refractivity contribution is 0.275. The molecular formula is C22H18O5. The van der Waals surface area contributed by atoms with E-state index in [4.69, 9.17) is 4.42 Å². The molecule has 4 rings (SSSR count). The quantitative estimate of drug-likeness (QED) is 0.485. The van der Waals surface area contributed by atoms with Crippen molar-refractivity contribution in [3.05, 3.63) is 81.7 Å². The number of rotatable bonds is 4. The van der Waals surface area contributed by atoms with Gasteiger partial charge >= 0.3 is 5.63 Å². The molecule has 3 N–H and O–H groups in total. The summed E-state index contributed by atoms with van der Waals surface area (Å²) in [5.74, 6) is 0. The molecule has 5 heteroatoms. The van der Waals surface area contributed by atoms with Crippen molar-refractivity contribution in [3.63, 3.8) is 0 Å². The summed E-state index contributed by atoms with van der Waals surface area (Å²) in [5.41, 5.74) is 2.91. The van der Waals surface area contributed by atoms with Crippen LogP contribution in [0, 0.1) is 0 Å². The topological polar surface area (TPSA) is 90.9 Å². The first-order valence-corrected chi connectivity index (χ1v) is 8.58. The van der Waals surface area contributed by atoms with E-state index in [1.54, 1.807) is 18.2 Å². The Labute approximate surface area is 154 Å². The molecule has 4 aromatic rings. The molecule has 3 aromatic carbocycles. The fraction of sp³-hybridized carbons (Fsp3) is 0.136. The molecule has 0 amide bonds. The van der Waals surface area contributed by atoms with Crippen molar-refractivity contribution in [2.75, 3.05) is 0 Å². The minimum atomic E-state index is -0.486. The molecule has 0 radical (unpaired) electrons. The zero-order chi connectivity index (χ0) is 19.0. The Bertz CT molecular complexity index is 1210. The first-order chi connectivity index (χ1) is 13.1. The van der Waals surface area contributed by atoms with E-state index in [-0.39, 0.29) is 19.8 Å². The summed E-state index contributed by atoms with van der Waals surface area (Å²) in [6, 6.07) is 16.4. The first-order valence-electron chi connectivity index (χ1n) is 8.58. The molecule has 0 aliphatic carbocycles. The third-order valence-electron chi connectivity index (χ3n) is 4.72. The van der Waals surface area contributed by atoms with Gasteiger partial charge in [0.25, 0.3) is 0 Å². The Morgan fingerprint density at radius 1 is 0.704 bits per heavy atom. The van der Waals surface area contributed by atoms with Gasteiger partial charge in [0.15, 0.2) is 0 Å². The molecule has 0 bridgehead atoms. The van der Waals surface area contributed by atoms with Crippen LogP contribution >= 0.6 is 0 Å². The Morgan fingerprint density at radius 3 is 2.15 bits per heavy atom. The highest BCUT2D eigenvalue weighted by Crippen LogP contribution is 2.28. The van der Waals surface area contributed by atoms with Gasteiger partial charge in [0, 0.05) is 10.9 Å². The van der Waals surface area contributed by atoms with Crippen molar-refractivity contribution in [3.8, 4) is 11.1 Å². The molecule has 0 atom stereocenters. The van der Waals surface area contributed by atoms with Gasteiger partial charge in [-0.25, -0.2) is 4.79 Å². The maximum atomic E-state index is 12.6. The number of fused-ring (bicyclic) bond motifs is 2. The average Bonchev–Trinajstić information content (AvgIpc) is 2.71. The molecule has 136 valence electrons. The second-order valence-electron chi connectivity index (χ2n) is 6.49. The highest BCUT2D eigenvalue weighted by atomic mass is 16.4. The molecule has 0 unspecified atom stereocenters. The molecule has 0 saturated heterocycles. The number of aliphatic hydroxyl groups is 3. The molecule has 0 saturated carbocycles. The van der Waals surface area contributed by atoms with E-state index in [0.29, 0.717) is 27.7 Å². The van der Waals surface area contributed by atoms with E-state index in [1.807, 2.05) is 36.4 Å². The number of hydrogen-bond acceptors (Lipinski definition) is 5. The van der Waals surface area contributed by atoms with E-state index in [0.717, 1.165) is 21.9 Å². The summed E-state index contributed by atoms with van der Waals surface area (Å²) in [5, 5.41) is 30.8. The van der Waals surface area contributed by atoms with Crippen LogP contribution in [-0.4, -0.2) is 15.3 Å². The second-order valence-corrected chi connectivity index (χ2v) is 6.49. The van der Waals surface area contributed by atoms with Gasteiger partial charge in [0.05, 0.1) is 25.4 Å². The molecule has 1 aromatic heterocycles. The molecule has 0 fully saturated rings. The summed E-state index contributed by atoms with van der Waals surface area (Å²) in [6.07, 6.45) is 0. The lowest BCUT2D eigenvalue weighted by atomic mass is 9.99. The molecule has 27 heavy (non-hydrogen) atoms. The number of hydrogen-bond donors (Lipinski definition) is 3. The summed E-state index contributed by atoms with van der Waals surface area (Å²) in [7, 11) is 0. The van der Waals surface area contributed by atoms with Gasteiger partial charge in [-0.1, -0.05) is 24.3 Å². The molecule has 0 spiro atoms. The van der Waals surface area contributed by atoms with E-state index >= 15 is 0 Å². The number of benzene rings is 3. The largest absolute Gasteiger partial charge is 0.422 e. The Hall–Kier alpha value is -2.99. The first kappa shape index (κ1) is 17.4. The van der Waals surface area contributed by atoms with Crippen LogP contribution in [0.1, 0.15) is 16.7 Å². The Kier molecular flexibility index (Phi) is 4.49. The summed E-state index contributed by atoms with van der Waals surface area (Å²) >= 11 is 0. The highest BCUT2D eigenvalue weighted by molar-refractivity contribution is 5.90. The van der Waals surface area contributed by atoms with Crippen LogP contribution in [0.5, 0.6) is 0 Å². The predicted octanol–water partition coefficient (Wildman–Crippen LogP) is 3.09. The van der Waals surface area contributed by atoms with Crippen molar-refractivity contribution in [2.24, 2.45) is 0 Å². The minimum Gasteiger partial charge on any atom is -0.422 e. The Balaban J connectivity index is 1.91. The summed E-state index contributed by atoms with van der Waals surface area (Å²) < 4.78 is 5.49. The zero-order valence-electron chi connectivity index (χ0n) is 14.5. The fourth-order valence-corrected chi connectivity index (χ4v) is 3.35. The Morgan fingerprint density at radius 2 is 1.41 bits per heavy atom. The monoisotopic (exact) mass is 362 g/mol. The third-order valence-corrected chi connectivity index (χ3v) is 4.72. The zero-order valence-corrected chi connectivity index (χ0v) is 14.5. The molecular weight excluding hydrogens is 344 g/mol. The van der Waals surface area contributed by atoms with Crippen molar-refractivity contribution in [2.45, 2.75) is 19.8 Å². The summed E-state index contributed by atoms with van der Waals surface area (Å²) in [4.78, 5) is 12.6. The van der Waals surface area contributed by atoms with E-state index in [1.165, 1.54) is 0 Å². The second kappa shape index (κ2) is 6.96.